The first kappa shape index (κ1) is 21.6. The molecule has 0 unspecified atom stereocenters. The molecule has 0 saturated carbocycles. The Balaban J connectivity index is 1.85. The third kappa shape index (κ3) is 3.42. The summed E-state index contributed by atoms with van der Waals surface area (Å²) in [4.78, 5) is 43.6. The van der Waals surface area contributed by atoms with Crippen LogP contribution in [0.1, 0.15) is 16.7 Å². The molecule has 2 N–H and O–H groups in total. The van der Waals surface area contributed by atoms with Gasteiger partial charge >= 0.3 is 11.4 Å². The van der Waals surface area contributed by atoms with Crippen molar-refractivity contribution in [3.8, 4) is 11.6 Å². The fourth-order valence-corrected chi connectivity index (χ4v) is 4.06. The van der Waals surface area contributed by atoms with Gasteiger partial charge in [0.05, 0.1) is 22.4 Å². The van der Waals surface area contributed by atoms with Crippen LogP contribution in [0, 0.1) is 13.8 Å². The number of fused-ring (bicyclic) bond motifs is 1. The van der Waals surface area contributed by atoms with Gasteiger partial charge in [-0.15, -0.1) is 0 Å². The molecule has 4 rings (SSSR count). The molecule has 0 aliphatic rings. The highest BCUT2D eigenvalue weighted by Crippen LogP contribution is 2.26. The van der Waals surface area contributed by atoms with Crippen molar-refractivity contribution in [1.29, 1.82) is 0 Å². The SMILES string of the molecule is Cc1cc(-n2c(O)c(C=Nc3ccc4c(c3)n(C)c(=O)n4C)c(=O)[nH]c2=O)c(C)cc1Br. The molecule has 0 atom stereocenters. The maximum absolute atomic E-state index is 12.5. The number of benzene rings is 2. The van der Waals surface area contributed by atoms with Gasteiger partial charge in [-0.2, -0.15) is 0 Å². The van der Waals surface area contributed by atoms with Crippen molar-refractivity contribution >= 4 is 38.9 Å². The van der Waals surface area contributed by atoms with Gasteiger partial charge in [-0.05, 0) is 55.3 Å². The first-order valence-electron chi connectivity index (χ1n) is 9.65. The number of nitrogens with one attached hydrogen (secondary N) is 1. The van der Waals surface area contributed by atoms with Gasteiger partial charge < -0.3 is 5.11 Å². The second-order valence-electron chi connectivity index (χ2n) is 7.55. The van der Waals surface area contributed by atoms with Gasteiger partial charge in [-0.3, -0.25) is 23.9 Å². The second kappa shape index (κ2) is 7.79. The molecule has 2 heterocycles. The molecule has 0 fully saturated rings. The Morgan fingerprint density at radius 2 is 1.69 bits per heavy atom. The van der Waals surface area contributed by atoms with Crippen LogP contribution < -0.4 is 16.9 Å². The predicted octanol–water partition coefficient (Wildman–Crippen LogP) is 2.55. The largest absolute Gasteiger partial charge is 0.493 e. The minimum Gasteiger partial charge on any atom is -0.493 e. The molecule has 0 aliphatic heterocycles. The number of aromatic amines is 1. The minimum atomic E-state index is -0.757. The molecule has 0 aliphatic carbocycles. The number of H-pyrrole nitrogens is 1. The lowest BCUT2D eigenvalue weighted by molar-refractivity contribution is 0.430. The van der Waals surface area contributed by atoms with E-state index in [0.717, 1.165) is 25.7 Å². The van der Waals surface area contributed by atoms with E-state index in [4.69, 9.17) is 0 Å². The summed E-state index contributed by atoms with van der Waals surface area (Å²) in [6.45, 7) is 3.65. The van der Waals surface area contributed by atoms with E-state index in [1.165, 1.54) is 15.3 Å². The van der Waals surface area contributed by atoms with Crippen LogP contribution in [-0.2, 0) is 14.1 Å². The monoisotopic (exact) mass is 497 g/mol. The number of hydrogen-bond acceptors (Lipinski definition) is 5. The van der Waals surface area contributed by atoms with E-state index in [9.17, 15) is 19.5 Å². The molecule has 0 bridgehead atoms. The molecule has 0 saturated heterocycles. The van der Waals surface area contributed by atoms with Crippen molar-refractivity contribution < 1.29 is 5.11 Å². The fraction of sp³-hybridized carbons (Fsp3) is 0.182. The van der Waals surface area contributed by atoms with E-state index in [0.29, 0.717) is 16.9 Å². The average molecular weight is 498 g/mol. The van der Waals surface area contributed by atoms with Crippen molar-refractivity contribution in [1.82, 2.24) is 18.7 Å². The van der Waals surface area contributed by atoms with Crippen molar-refractivity contribution in [3.05, 3.63) is 82.8 Å². The van der Waals surface area contributed by atoms with E-state index >= 15 is 0 Å². The van der Waals surface area contributed by atoms with Gasteiger partial charge in [0.1, 0.15) is 5.56 Å². The van der Waals surface area contributed by atoms with Crippen LogP contribution in [0.5, 0.6) is 5.88 Å². The highest BCUT2D eigenvalue weighted by atomic mass is 79.9. The van der Waals surface area contributed by atoms with Crippen LogP contribution in [0.3, 0.4) is 0 Å². The van der Waals surface area contributed by atoms with Gasteiger partial charge in [0.15, 0.2) is 0 Å². The van der Waals surface area contributed by atoms with E-state index in [1.54, 1.807) is 45.3 Å². The van der Waals surface area contributed by atoms with Crippen LogP contribution in [0.15, 0.2) is 54.2 Å². The van der Waals surface area contributed by atoms with Crippen molar-refractivity contribution in [2.45, 2.75) is 13.8 Å². The number of aliphatic imine (C=N–C) groups is 1. The molecular weight excluding hydrogens is 478 g/mol. The summed E-state index contributed by atoms with van der Waals surface area (Å²) in [7, 11) is 3.34. The summed E-state index contributed by atoms with van der Waals surface area (Å²) < 4.78 is 4.93. The normalized spacial score (nSPS) is 11.7. The van der Waals surface area contributed by atoms with Crippen LogP contribution >= 0.6 is 15.9 Å². The molecule has 0 amide bonds. The Morgan fingerprint density at radius 1 is 1.00 bits per heavy atom. The number of hydrogen-bond donors (Lipinski definition) is 2. The number of halogens is 1. The summed E-state index contributed by atoms with van der Waals surface area (Å²) in [5.41, 5.74) is 2.09. The van der Waals surface area contributed by atoms with Gasteiger partial charge in [0, 0.05) is 24.8 Å². The summed E-state index contributed by atoms with van der Waals surface area (Å²) in [5.74, 6) is -0.513. The number of aryl methyl sites for hydroxylation is 4. The molecule has 0 radical (unpaired) electrons. The molecule has 164 valence electrons. The molecule has 0 spiro atoms. The number of nitrogens with zero attached hydrogens (tertiary/aromatic N) is 4. The maximum atomic E-state index is 12.5. The van der Waals surface area contributed by atoms with Gasteiger partial charge in [0.2, 0.25) is 5.88 Å². The first-order chi connectivity index (χ1) is 15.1. The lowest BCUT2D eigenvalue weighted by Crippen LogP contribution is -2.31. The average Bonchev–Trinajstić information content (AvgIpc) is 2.95. The maximum Gasteiger partial charge on any atom is 0.335 e. The smallest absolute Gasteiger partial charge is 0.335 e. The standard InChI is InChI=1S/C22H20BrN5O4/c1-11-8-17(12(2)7-15(11)23)28-20(30)14(19(29)25-21(28)31)10-24-13-5-6-16-18(9-13)27(4)22(32)26(16)3/h5-10,30H,1-4H3,(H,25,29,31). The number of imidazole rings is 1. The third-order valence-corrected chi connectivity index (χ3v) is 6.29. The second-order valence-corrected chi connectivity index (χ2v) is 8.41. The summed E-state index contributed by atoms with van der Waals surface area (Å²) in [6.07, 6.45) is 1.20. The Labute approximate surface area is 190 Å². The Bertz CT molecular complexity index is 1600. The van der Waals surface area contributed by atoms with E-state index in [-0.39, 0.29) is 11.3 Å². The lowest BCUT2D eigenvalue weighted by atomic mass is 10.1. The molecule has 32 heavy (non-hydrogen) atoms. The molecule has 4 aromatic rings. The van der Waals surface area contributed by atoms with Crippen LogP contribution in [-0.4, -0.2) is 30.0 Å². The molecular formula is C22H20BrN5O4. The molecule has 2 aromatic heterocycles. The van der Waals surface area contributed by atoms with Crippen LogP contribution in [0.2, 0.25) is 0 Å². The first-order valence-corrected chi connectivity index (χ1v) is 10.4. The molecule has 9 nitrogen and oxygen atoms in total. The highest BCUT2D eigenvalue weighted by molar-refractivity contribution is 9.10. The zero-order valence-corrected chi connectivity index (χ0v) is 19.4. The Kier molecular flexibility index (Phi) is 5.25. The number of aromatic hydroxyl groups is 1. The molecule has 10 heteroatoms. The Hall–Kier alpha value is -3.66. The topological polar surface area (TPSA) is 114 Å². The van der Waals surface area contributed by atoms with Gasteiger partial charge in [-0.1, -0.05) is 15.9 Å². The zero-order valence-electron chi connectivity index (χ0n) is 17.8. The Morgan fingerprint density at radius 3 is 2.41 bits per heavy atom. The van der Waals surface area contributed by atoms with Gasteiger partial charge in [-0.25, -0.2) is 14.2 Å². The predicted molar refractivity (Wildman–Crippen MR) is 127 cm³/mol. The summed E-state index contributed by atoms with van der Waals surface area (Å²) >= 11 is 3.44. The number of aromatic nitrogens is 4. The van der Waals surface area contributed by atoms with Crippen molar-refractivity contribution in [2.75, 3.05) is 0 Å². The van der Waals surface area contributed by atoms with Crippen LogP contribution in [0.4, 0.5) is 5.69 Å². The van der Waals surface area contributed by atoms with E-state index in [1.807, 2.05) is 13.0 Å². The van der Waals surface area contributed by atoms with E-state index < -0.39 is 17.1 Å². The highest BCUT2D eigenvalue weighted by Gasteiger charge is 2.17. The summed E-state index contributed by atoms with van der Waals surface area (Å²) in [5, 5.41) is 10.8. The fourth-order valence-electron chi connectivity index (χ4n) is 3.60. The van der Waals surface area contributed by atoms with Gasteiger partial charge in [0.25, 0.3) is 5.56 Å². The third-order valence-electron chi connectivity index (χ3n) is 5.44. The van der Waals surface area contributed by atoms with Crippen molar-refractivity contribution in [2.24, 2.45) is 19.1 Å². The summed E-state index contributed by atoms with van der Waals surface area (Å²) in [6, 6.07) is 8.72. The quantitative estimate of drug-likeness (QED) is 0.423. The van der Waals surface area contributed by atoms with Crippen molar-refractivity contribution in [3.63, 3.8) is 0 Å². The number of rotatable bonds is 3. The lowest BCUT2D eigenvalue weighted by Gasteiger charge is -2.14. The molecule has 2 aromatic carbocycles. The van der Waals surface area contributed by atoms with Crippen LogP contribution in [0.25, 0.3) is 16.7 Å². The minimum absolute atomic E-state index is 0.161. The van der Waals surface area contributed by atoms with E-state index in [2.05, 4.69) is 25.9 Å². The zero-order chi connectivity index (χ0) is 23.3.